The first-order valence-corrected chi connectivity index (χ1v) is 7.72. The summed E-state index contributed by atoms with van der Waals surface area (Å²) in [4.78, 5) is 16.8. The average molecular weight is 278 g/mol. The molecule has 1 aromatic carbocycles. The molecule has 0 N–H and O–H groups in total. The molecule has 1 aliphatic rings. The molecule has 0 amide bonds. The van der Waals surface area contributed by atoms with E-state index < -0.39 is 0 Å². The molecule has 0 unspecified atom stereocenters. The molecule has 0 radical (unpaired) electrons. The first kappa shape index (κ1) is 12.6. The molecule has 106 valence electrons. The fourth-order valence-corrected chi connectivity index (χ4v) is 3.53. The molecule has 1 saturated carbocycles. The highest BCUT2D eigenvalue weighted by atomic mass is 16.1. The van der Waals surface area contributed by atoms with Gasteiger partial charge in [-0.05, 0) is 12.8 Å². The van der Waals surface area contributed by atoms with Crippen LogP contribution < -0.4 is 5.35 Å². The minimum Gasteiger partial charge on any atom is -0.298 e. The number of fused-ring (bicyclic) bond motifs is 3. The van der Waals surface area contributed by atoms with Crippen LogP contribution in [0.25, 0.3) is 22.4 Å². The maximum absolute atomic E-state index is 12.6. The molecule has 4 rings (SSSR count). The molecule has 0 aliphatic heterocycles. The van der Waals surface area contributed by atoms with Gasteiger partial charge in [0, 0.05) is 22.8 Å². The Kier molecular flexibility index (Phi) is 2.99. The minimum absolute atomic E-state index is 0.214. The van der Waals surface area contributed by atoms with Gasteiger partial charge in [0.05, 0.1) is 23.4 Å². The summed E-state index contributed by atoms with van der Waals surface area (Å²) in [6.45, 7) is 0. The van der Waals surface area contributed by atoms with Gasteiger partial charge >= 0.3 is 0 Å². The van der Waals surface area contributed by atoms with E-state index in [1.54, 1.807) is 6.33 Å². The van der Waals surface area contributed by atoms with Gasteiger partial charge in [0.15, 0.2) is 5.78 Å². The predicted octanol–water partition coefficient (Wildman–Crippen LogP) is 3.14. The van der Waals surface area contributed by atoms with Crippen LogP contribution in [0.15, 0.2) is 36.8 Å². The molecule has 0 spiro atoms. The van der Waals surface area contributed by atoms with E-state index in [1.807, 2.05) is 28.8 Å². The molecular weight excluding hydrogens is 260 g/mol. The van der Waals surface area contributed by atoms with Crippen molar-refractivity contribution in [3.8, 4) is 0 Å². The summed E-state index contributed by atoms with van der Waals surface area (Å²) in [6, 6.07) is 8.23. The number of hydrogen-bond donors (Lipinski definition) is 0. The van der Waals surface area contributed by atoms with E-state index in [2.05, 4.69) is 17.1 Å². The Morgan fingerprint density at radius 3 is 2.71 bits per heavy atom. The van der Waals surface area contributed by atoms with Gasteiger partial charge in [0.25, 0.3) is 0 Å². The van der Waals surface area contributed by atoms with E-state index in [0.29, 0.717) is 0 Å². The number of aromatic nitrogens is 2. The molecule has 21 heavy (non-hydrogen) atoms. The fraction of sp³-hybridized carbons (Fsp3) is 0.333. The molecular formula is C18H18N2O. The molecule has 3 aromatic rings. The van der Waals surface area contributed by atoms with Crippen LogP contribution in [0.5, 0.6) is 0 Å². The van der Waals surface area contributed by atoms with Crippen LogP contribution in [-0.4, -0.2) is 15.2 Å². The third-order valence-electron chi connectivity index (χ3n) is 4.66. The van der Waals surface area contributed by atoms with E-state index >= 15 is 0 Å². The summed E-state index contributed by atoms with van der Waals surface area (Å²) in [7, 11) is 0. The second-order valence-electron chi connectivity index (χ2n) is 5.96. The predicted molar refractivity (Wildman–Crippen MR) is 84.0 cm³/mol. The highest BCUT2D eigenvalue weighted by Gasteiger charge is 2.19. The molecule has 3 nitrogen and oxygen atoms in total. The van der Waals surface area contributed by atoms with Crippen molar-refractivity contribution in [1.82, 2.24) is 9.38 Å². The lowest BCUT2D eigenvalue weighted by molar-refractivity contribution is -0.117. The summed E-state index contributed by atoms with van der Waals surface area (Å²) in [6.07, 6.45) is 11.2. The smallest absolute Gasteiger partial charge is 0.160 e. The van der Waals surface area contributed by atoms with Gasteiger partial charge in [-0.2, -0.15) is 0 Å². The van der Waals surface area contributed by atoms with Crippen LogP contribution in [0.1, 0.15) is 32.1 Å². The molecule has 1 aliphatic carbocycles. The number of carbonyl (C=O) groups is 1. The first-order chi connectivity index (χ1) is 10.3. The van der Waals surface area contributed by atoms with Crippen molar-refractivity contribution < 1.29 is 4.79 Å². The SMILES string of the molecule is O=C(C=c1c2ccccc2c2cncn12)C1CCCCC1. The number of benzene rings is 1. The maximum Gasteiger partial charge on any atom is 0.160 e. The van der Waals surface area contributed by atoms with Crippen LogP contribution in [0.3, 0.4) is 0 Å². The second-order valence-corrected chi connectivity index (χ2v) is 5.96. The van der Waals surface area contributed by atoms with Gasteiger partial charge in [0.1, 0.15) is 0 Å². The minimum atomic E-state index is 0.214. The summed E-state index contributed by atoms with van der Waals surface area (Å²) in [5.41, 5.74) is 1.08. The van der Waals surface area contributed by atoms with Crippen molar-refractivity contribution in [2.45, 2.75) is 32.1 Å². The number of Topliss-reactive ketones (excluding diaryl/α,β-unsaturated/α-hetero) is 1. The van der Waals surface area contributed by atoms with Crippen molar-refractivity contribution in [3.05, 3.63) is 42.1 Å². The Morgan fingerprint density at radius 1 is 1.14 bits per heavy atom. The number of ketones is 1. The number of carbonyl (C=O) groups excluding carboxylic acids is 1. The van der Waals surface area contributed by atoms with Gasteiger partial charge in [-0.15, -0.1) is 0 Å². The van der Waals surface area contributed by atoms with E-state index in [-0.39, 0.29) is 11.7 Å². The van der Waals surface area contributed by atoms with E-state index in [0.717, 1.165) is 34.5 Å². The van der Waals surface area contributed by atoms with Gasteiger partial charge < -0.3 is 0 Å². The highest BCUT2D eigenvalue weighted by Crippen LogP contribution is 2.25. The zero-order chi connectivity index (χ0) is 14.2. The lowest BCUT2D eigenvalue weighted by atomic mass is 9.86. The van der Waals surface area contributed by atoms with Crippen molar-refractivity contribution >= 4 is 28.1 Å². The molecule has 1 fully saturated rings. The lowest BCUT2D eigenvalue weighted by Gasteiger charge is -2.18. The van der Waals surface area contributed by atoms with Gasteiger partial charge in [-0.3, -0.25) is 9.20 Å². The van der Waals surface area contributed by atoms with Gasteiger partial charge in [-0.1, -0.05) is 43.5 Å². The fourth-order valence-electron chi connectivity index (χ4n) is 3.53. The largest absolute Gasteiger partial charge is 0.298 e. The molecule has 0 saturated heterocycles. The maximum atomic E-state index is 12.6. The summed E-state index contributed by atoms with van der Waals surface area (Å²) in [5, 5.41) is 3.28. The number of imidazole rings is 1. The van der Waals surface area contributed by atoms with Crippen molar-refractivity contribution in [1.29, 1.82) is 0 Å². The Labute approximate surface area is 123 Å². The van der Waals surface area contributed by atoms with Crippen molar-refractivity contribution in [2.24, 2.45) is 5.92 Å². The van der Waals surface area contributed by atoms with Crippen molar-refractivity contribution in [2.75, 3.05) is 0 Å². The van der Waals surface area contributed by atoms with Crippen LogP contribution >= 0.6 is 0 Å². The van der Waals surface area contributed by atoms with Crippen LogP contribution in [0.4, 0.5) is 0 Å². The molecule has 3 heteroatoms. The Bertz CT molecular complexity index is 856. The van der Waals surface area contributed by atoms with E-state index in [9.17, 15) is 4.79 Å². The van der Waals surface area contributed by atoms with Gasteiger partial charge in [0.2, 0.25) is 0 Å². The summed E-state index contributed by atoms with van der Waals surface area (Å²) < 4.78 is 2.03. The van der Waals surface area contributed by atoms with E-state index in [4.69, 9.17) is 0 Å². The topological polar surface area (TPSA) is 34.4 Å². The third-order valence-corrected chi connectivity index (χ3v) is 4.66. The van der Waals surface area contributed by atoms with Crippen LogP contribution in [0.2, 0.25) is 0 Å². The second kappa shape index (κ2) is 4.99. The Morgan fingerprint density at radius 2 is 1.90 bits per heavy atom. The third kappa shape index (κ3) is 2.04. The van der Waals surface area contributed by atoms with Gasteiger partial charge in [-0.25, -0.2) is 4.98 Å². The van der Waals surface area contributed by atoms with Crippen LogP contribution in [0, 0.1) is 5.92 Å². The zero-order valence-corrected chi connectivity index (χ0v) is 12.0. The first-order valence-electron chi connectivity index (χ1n) is 7.72. The standard InChI is InChI=1S/C18H18N2O/c21-18(13-6-2-1-3-7-13)10-16-14-8-4-5-9-15(14)17-11-19-12-20(16)17/h4-5,8-13H,1-3,6-7H2. The summed E-state index contributed by atoms with van der Waals surface area (Å²) in [5.74, 6) is 0.493. The Balaban J connectivity index is 1.89. The number of nitrogens with zero attached hydrogens (tertiary/aromatic N) is 2. The molecule has 0 bridgehead atoms. The zero-order valence-electron chi connectivity index (χ0n) is 12.0. The summed E-state index contributed by atoms with van der Waals surface area (Å²) >= 11 is 0. The van der Waals surface area contributed by atoms with Crippen LogP contribution in [-0.2, 0) is 4.79 Å². The van der Waals surface area contributed by atoms with E-state index in [1.165, 1.54) is 19.3 Å². The highest BCUT2D eigenvalue weighted by molar-refractivity contribution is 6.10. The quantitative estimate of drug-likeness (QED) is 0.721. The molecule has 2 heterocycles. The average Bonchev–Trinajstić information content (AvgIpc) is 3.11. The molecule has 2 aromatic heterocycles. The molecule has 0 atom stereocenters. The van der Waals surface area contributed by atoms with Crippen molar-refractivity contribution in [3.63, 3.8) is 0 Å². The Hall–Kier alpha value is -2.16. The number of hydrogen-bond acceptors (Lipinski definition) is 2. The lowest BCUT2D eigenvalue weighted by Crippen LogP contribution is -2.19. The monoisotopic (exact) mass is 278 g/mol. The number of rotatable bonds is 2. The normalized spacial score (nSPS) is 17.8.